The van der Waals surface area contributed by atoms with E-state index < -0.39 is 0 Å². The Labute approximate surface area is 144 Å². The van der Waals surface area contributed by atoms with E-state index in [2.05, 4.69) is 27.5 Å². The number of aromatic amines is 1. The van der Waals surface area contributed by atoms with Crippen LogP contribution in [0, 0.1) is 5.92 Å². The molecule has 128 valence electrons. The molecule has 3 N–H and O–H groups in total. The minimum atomic E-state index is -0.235. The zero-order chi connectivity index (χ0) is 16.7. The molecule has 6 nitrogen and oxygen atoms in total. The van der Waals surface area contributed by atoms with Gasteiger partial charge in [0.25, 0.3) is 5.91 Å². The van der Waals surface area contributed by atoms with E-state index in [0.29, 0.717) is 11.6 Å². The summed E-state index contributed by atoms with van der Waals surface area (Å²) in [4.78, 5) is 16.2. The van der Waals surface area contributed by atoms with E-state index in [0.717, 1.165) is 48.5 Å². The molecule has 4 rings (SSSR count). The van der Waals surface area contributed by atoms with E-state index >= 15 is 0 Å². The maximum atomic E-state index is 12.8. The van der Waals surface area contributed by atoms with Gasteiger partial charge in [-0.1, -0.05) is 6.07 Å². The van der Waals surface area contributed by atoms with Crippen LogP contribution in [-0.2, 0) is 13.0 Å². The molecule has 0 bridgehead atoms. The molecule has 1 aliphatic carbocycles. The van der Waals surface area contributed by atoms with Crippen LogP contribution in [0.15, 0.2) is 17.5 Å². The van der Waals surface area contributed by atoms with Gasteiger partial charge in [0.15, 0.2) is 5.69 Å². The molecule has 0 spiro atoms. The van der Waals surface area contributed by atoms with Crippen LogP contribution in [0.25, 0.3) is 0 Å². The first-order valence-corrected chi connectivity index (χ1v) is 9.26. The second-order valence-electron chi connectivity index (χ2n) is 6.87. The summed E-state index contributed by atoms with van der Waals surface area (Å²) in [5.74, 6) is 0.169. The Bertz CT molecular complexity index is 721. The largest absolute Gasteiger partial charge is 0.393 e. The van der Waals surface area contributed by atoms with E-state index in [1.54, 1.807) is 11.3 Å². The van der Waals surface area contributed by atoms with E-state index in [1.807, 2.05) is 17.5 Å². The number of thiophene rings is 1. The molecule has 1 fully saturated rings. The Morgan fingerprint density at radius 3 is 3.08 bits per heavy atom. The van der Waals surface area contributed by atoms with Gasteiger partial charge in [0.05, 0.1) is 12.1 Å². The third-order valence-corrected chi connectivity index (χ3v) is 6.05. The number of amides is 1. The molecule has 1 aliphatic heterocycles. The number of likely N-dealkylation sites (N-methyl/N-ethyl adjacent to an activating group) is 1. The number of aromatic nitrogens is 2. The van der Waals surface area contributed by atoms with Gasteiger partial charge in [-0.3, -0.25) is 9.89 Å². The molecule has 1 unspecified atom stereocenters. The smallest absolute Gasteiger partial charge is 0.272 e. The van der Waals surface area contributed by atoms with Gasteiger partial charge in [0.2, 0.25) is 0 Å². The van der Waals surface area contributed by atoms with E-state index in [4.69, 9.17) is 0 Å². The monoisotopic (exact) mass is 346 g/mol. The SMILES string of the molecule is CN1CCc2[nH]nc(C(=O)NC(c3cccs3)C3CC(O)C3)c2C1. The molecule has 1 saturated carbocycles. The van der Waals surface area contributed by atoms with E-state index in [1.165, 1.54) is 0 Å². The number of rotatable bonds is 4. The number of carbonyl (C=O) groups excluding carboxylic acids is 1. The molecule has 1 amide bonds. The lowest BCUT2D eigenvalue weighted by Crippen LogP contribution is -2.41. The molecule has 0 saturated heterocycles. The fourth-order valence-electron chi connectivity index (χ4n) is 3.62. The molecular formula is C17H22N4O2S. The normalized spacial score (nSPS) is 24.9. The Balaban J connectivity index is 1.55. The van der Waals surface area contributed by atoms with Crippen molar-refractivity contribution < 1.29 is 9.90 Å². The number of H-pyrrole nitrogens is 1. The molecule has 0 radical (unpaired) electrons. The first-order valence-electron chi connectivity index (χ1n) is 8.39. The summed E-state index contributed by atoms with van der Waals surface area (Å²) in [6.07, 6.45) is 2.14. The Morgan fingerprint density at radius 1 is 1.54 bits per heavy atom. The molecule has 24 heavy (non-hydrogen) atoms. The van der Waals surface area contributed by atoms with Crippen molar-refractivity contribution in [3.05, 3.63) is 39.3 Å². The Kier molecular flexibility index (Phi) is 4.15. The van der Waals surface area contributed by atoms with Gasteiger partial charge in [-0.05, 0) is 37.3 Å². The minimum Gasteiger partial charge on any atom is -0.393 e. The third-order valence-electron chi connectivity index (χ3n) is 5.10. The van der Waals surface area contributed by atoms with Gasteiger partial charge < -0.3 is 15.3 Å². The van der Waals surface area contributed by atoms with Crippen LogP contribution in [0.3, 0.4) is 0 Å². The summed E-state index contributed by atoms with van der Waals surface area (Å²) < 4.78 is 0. The zero-order valence-electron chi connectivity index (χ0n) is 13.7. The van der Waals surface area contributed by atoms with Crippen LogP contribution in [0.1, 0.15) is 45.5 Å². The van der Waals surface area contributed by atoms with Crippen LogP contribution >= 0.6 is 11.3 Å². The highest BCUT2D eigenvalue weighted by Gasteiger charge is 2.37. The van der Waals surface area contributed by atoms with Crippen LogP contribution < -0.4 is 5.32 Å². The van der Waals surface area contributed by atoms with E-state index in [9.17, 15) is 9.90 Å². The van der Waals surface area contributed by atoms with Gasteiger partial charge in [0, 0.05) is 35.6 Å². The average molecular weight is 346 g/mol. The fourth-order valence-corrected chi connectivity index (χ4v) is 4.49. The molecule has 2 aromatic heterocycles. The van der Waals surface area contributed by atoms with Crippen molar-refractivity contribution in [2.75, 3.05) is 13.6 Å². The highest BCUT2D eigenvalue weighted by atomic mass is 32.1. The number of aliphatic hydroxyl groups is 1. The molecule has 1 atom stereocenters. The maximum absolute atomic E-state index is 12.8. The van der Waals surface area contributed by atoms with Gasteiger partial charge in [0.1, 0.15) is 0 Å². The zero-order valence-corrected chi connectivity index (χ0v) is 14.5. The lowest BCUT2D eigenvalue weighted by atomic mass is 9.76. The van der Waals surface area contributed by atoms with Crippen molar-refractivity contribution >= 4 is 17.2 Å². The van der Waals surface area contributed by atoms with Crippen molar-refractivity contribution in [3.8, 4) is 0 Å². The third kappa shape index (κ3) is 2.87. The van der Waals surface area contributed by atoms with Crippen LogP contribution in [-0.4, -0.2) is 45.8 Å². The topological polar surface area (TPSA) is 81.2 Å². The number of carbonyl (C=O) groups is 1. The number of aliphatic hydroxyl groups excluding tert-OH is 1. The lowest BCUT2D eigenvalue weighted by Gasteiger charge is -2.37. The summed E-state index contributed by atoms with van der Waals surface area (Å²) in [6.45, 7) is 1.73. The minimum absolute atomic E-state index is 0.0467. The average Bonchev–Trinajstić information content (AvgIpc) is 3.18. The summed E-state index contributed by atoms with van der Waals surface area (Å²) in [6, 6.07) is 4.00. The van der Waals surface area contributed by atoms with Crippen LogP contribution in [0.4, 0.5) is 0 Å². The number of hydrogen-bond acceptors (Lipinski definition) is 5. The van der Waals surface area contributed by atoms with Gasteiger partial charge >= 0.3 is 0 Å². The predicted octanol–water partition coefficient (Wildman–Crippen LogP) is 1.70. The second-order valence-corrected chi connectivity index (χ2v) is 7.85. The van der Waals surface area contributed by atoms with Gasteiger partial charge in [-0.15, -0.1) is 11.3 Å². The number of fused-ring (bicyclic) bond motifs is 1. The van der Waals surface area contributed by atoms with Crippen molar-refractivity contribution in [2.45, 2.75) is 38.0 Å². The summed E-state index contributed by atoms with van der Waals surface area (Å²) in [5.41, 5.74) is 2.60. The van der Waals surface area contributed by atoms with Gasteiger partial charge in [-0.2, -0.15) is 5.10 Å². The van der Waals surface area contributed by atoms with Crippen molar-refractivity contribution in [1.82, 2.24) is 20.4 Å². The Morgan fingerprint density at radius 2 is 2.38 bits per heavy atom. The second kappa shape index (κ2) is 6.31. The summed E-state index contributed by atoms with van der Waals surface area (Å²) in [7, 11) is 2.06. The standard InChI is InChI=1S/C17H22N4O2S/c1-21-5-4-13-12(9-21)16(20-19-13)17(23)18-15(10-7-11(22)8-10)14-3-2-6-24-14/h2-3,6,10-11,15,22H,4-5,7-9H2,1H3,(H,18,23)(H,19,20). The molecule has 7 heteroatoms. The molecule has 3 heterocycles. The highest BCUT2D eigenvalue weighted by Crippen LogP contribution is 2.39. The predicted molar refractivity (Wildman–Crippen MR) is 91.9 cm³/mol. The first-order chi connectivity index (χ1) is 11.6. The number of nitrogens with one attached hydrogen (secondary N) is 2. The first kappa shape index (κ1) is 15.8. The van der Waals surface area contributed by atoms with Crippen molar-refractivity contribution in [2.24, 2.45) is 5.92 Å². The summed E-state index contributed by atoms with van der Waals surface area (Å²) >= 11 is 1.65. The lowest BCUT2D eigenvalue weighted by molar-refractivity contribution is 0.0240. The molecule has 0 aromatic carbocycles. The number of nitrogens with zero attached hydrogens (tertiary/aromatic N) is 2. The summed E-state index contributed by atoms with van der Waals surface area (Å²) in [5, 5.41) is 22.1. The van der Waals surface area contributed by atoms with Gasteiger partial charge in [-0.25, -0.2) is 0 Å². The fraction of sp³-hybridized carbons (Fsp3) is 0.529. The molecular weight excluding hydrogens is 324 g/mol. The quantitative estimate of drug-likeness (QED) is 0.787. The van der Waals surface area contributed by atoms with E-state index in [-0.39, 0.29) is 18.1 Å². The molecule has 2 aliphatic rings. The van der Waals surface area contributed by atoms with Crippen molar-refractivity contribution in [1.29, 1.82) is 0 Å². The molecule has 2 aromatic rings. The Hall–Kier alpha value is -1.70. The van der Waals surface area contributed by atoms with Crippen molar-refractivity contribution in [3.63, 3.8) is 0 Å². The van der Waals surface area contributed by atoms with Crippen LogP contribution in [0.5, 0.6) is 0 Å². The highest BCUT2D eigenvalue weighted by molar-refractivity contribution is 7.10. The number of hydrogen-bond donors (Lipinski definition) is 3. The van der Waals surface area contributed by atoms with Crippen LogP contribution in [0.2, 0.25) is 0 Å². The maximum Gasteiger partial charge on any atom is 0.272 e.